The number of nitrogens with one attached hydrogen (secondary N) is 1. The number of nitrogens with zero attached hydrogens (tertiary/aromatic N) is 1. The molecule has 110 valence electrons. The summed E-state index contributed by atoms with van der Waals surface area (Å²) in [6.07, 6.45) is -3.81. The Kier molecular flexibility index (Phi) is 4.53. The summed E-state index contributed by atoms with van der Waals surface area (Å²) in [6, 6.07) is 0. The van der Waals surface area contributed by atoms with Crippen LogP contribution in [0.5, 0.6) is 0 Å². The van der Waals surface area contributed by atoms with Gasteiger partial charge in [-0.2, -0.15) is 0 Å². The van der Waals surface area contributed by atoms with Crippen molar-refractivity contribution in [1.82, 2.24) is 9.55 Å². The van der Waals surface area contributed by atoms with Crippen LogP contribution in [-0.4, -0.2) is 44.8 Å². The molecule has 0 spiro atoms. The normalized spacial score (nSPS) is 30.2. The van der Waals surface area contributed by atoms with Crippen molar-refractivity contribution in [2.24, 2.45) is 0 Å². The number of aromatic nitrogens is 2. The molecule has 1 aliphatic rings. The van der Waals surface area contributed by atoms with E-state index < -0.39 is 42.5 Å². The van der Waals surface area contributed by atoms with Crippen molar-refractivity contribution in [3.05, 3.63) is 37.6 Å². The molecule has 1 fully saturated rings. The summed E-state index contributed by atoms with van der Waals surface area (Å²) in [5.74, 6) is 0. The van der Waals surface area contributed by atoms with Crippen LogP contribution in [0, 0.1) is 0 Å². The van der Waals surface area contributed by atoms with Crippen molar-refractivity contribution in [1.29, 1.82) is 0 Å². The van der Waals surface area contributed by atoms with Crippen LogP contribution < -0.4 is 11.2 Å². The third-order valence-electron chi connectivity index (χ3n) is 3.01. The van der Waals surface area contributed by atoms with Crippen LogP contribution in [0.1, 0.15) is 11.8 Å². The van der Waals surface area contributed by atoms with E-state index in [-0.39, 0.29) is 5.56 Å². The number of aliphatic hydroxyl groups excluding tert-OH is 2. The van der Waals surface area contributed by atoms with E-state index in [0.29, 0.717) is 4.57 Å². The maximum atomic E-state index is 14.0. The number of hydrogen-bond donors (Lipinski definition) is 3. The number of ether oxygens (including phenoxy) is 1. The van der Waals surface area contributed by atoms with Crippen molar-refractivity contribution >= 4 is 22.0 Å². The van der Waals surface area contributed by atoms with Gasteiger partial charge in [0.2, 0.25) is 0 Å². The van der Waals surface area contributed by atoms with E-state index in [2.05, 4.69) is 20.9 Å². The van der Waals surface area contributed by atoms with Crippen LogP contribution >= 0.6 is 15.9 Å². The lowest BCUT2D eigenvalue weighted by atomic mass is 10.1. The van der Waals surface area contributed by atoms with Crippen molar-refractivity contribution in [2.75, 3.05) is 6.61 Å². The molecule has 0 unspecified atom stereocenters. The average molecular weight is 351 g/mol. The molecule has 0 amide bonds. The highest BCUT2D eigenvalue weighted by Crippen LogP contribution is 2.29. The molecule has 0 saturated carbocycles. The molecule has 2 heterocycles. The van der Waals surface area contributed by atoms with Crippen LogP contribution in [0.15, 0.2) is 20.8 Å². The Morgan fingerprint density at radius 1 is 1.55 bits per heavy atom. The number of hydrogen-bond acceptors (Lipinski definition) is 5. The Balaban J connectivity index is 2.51. The van der Waals surface area contributed by atoms with Crippen LogP contribution in [0.3, 0.4) is 0 Å². The van der Waals surface area contributed by atoms with Gasteiger partial charge in [-0.05, 0) is 11.1 Å². The number of halogens is 2. The third-order valence-corrected chi connectivity index (χ3v) is 3.27. The van der Waals surface area contributed by atoms with E-state index in [1.165, 1.54) is 17.3 Å². The highest BCUT2D eigenvalue weighted by atomic mass is 79.9. The van der Waals surface area contributed by atoms with Crippen molar-refractivity contribution in [3.8, 4) is 0 Å². The van der Waals surface area contributed by atoms with Gasteiger partial charge in [0.15, 0.2) is 12.4 Å². The van der Waals surface area contributed by atoms with Gasteiger partial charge in [0, 0.05) is 6.20 Å². The van der Waals surface area contributed by atoms with Gasteiger partial charge in [-0.25, -0.2) is 13.8 Å². The molecule has 0 radical (unpaired) electrons. The average Bonchev–Trinajstić information content (AvgIpc) is 2.70. The number of H-pyrrole nitrogens is 1. The first-order valence-corrected chi connectivity index (χ1v) is 6.62. The fourth-order valence-electron chi connectivity index (χ4n) is 1.98. The van der Waals surface area contributed by atoms with Crippen molar-refractivity contribution in [2.45, 2.75) is 24.6 Å². The van der Waals surface area contributed by atoms with Crippen LogP contribution in [0.25, 0.3) is 6.08 Å². The van der Waals surface area contributed by atoms with E-state index in [4.69, 9.17) is 9.84 Å². The summed E-state index contributed by atoms with van der Waals surface area (Å²) in [5, 5.41) is 18.5. The molecule has 0 aromatic carbocycles. The monoisotopic (exact) mass is 350 g/mol. The van der Waals surface area contributed by atoms with Crippen LogP contribution in [-0.2, 0) is 4.74 Å². The Morgan fingerprint density at radius 2 is 2.25 bits per heavy atom. The number of rotatable bonds is 3. The van der Waals surface area contributed by atoms with Crippen LogP contribution in [0.4, 0.5) is 4.39 Å². The second-order valence-electron chi connectivity index (χ2n) is 4.20. The molecule has 1 aromatic heterocycles. The fourth-order valence-corrected chi connectivity index (χ4v) is 2.27. The Hall–Kier alpha value is -1.29. The first kappa shape index (κ1) is 15.1. The molecule has 0 bridgehead atoms. The summed E-state index contributed by atoms with van der Waals surface area (Å²) in [7, 11) is 0. The first-order valence-electron chi connectivity index (χ1n) is 5.70. The first-order chi connectivity index (χ1) is 9.51. The minimum Gasteiger partial charge on any atom is -0.394 e. The van der Waals surface area contributed by atoms with Gasteiger partial charge in [-0.15, -0.1) is 0 Å². The van der Waals surface area contributed by atoms with Crippen molar-refractivity contribution in [3.63, 3.8) is 0 Å². The van der Waals surface area contributed by atoms with Gasteiger partial charge < -0.3 is 19.9 Å². The summed E-state index contributed by atoms with van der Waals surface area (Å²) >= 11 is 2.99. The molecule has 2 rings (SSSR count). The smallest absolute Gasteiger partial charge is 0.330 e. The van der Waals surface area contributed by atoms with Crippen molar-refractivity contribution < 1.29 is 19.3 Å². The number of aromatic amines is 1. The summed E-state index contributed by atoms with van der Waals surface area (Å²) in [4.78, 5) is 27.5. The minimum atomic E-state index is -1.99. The summed E-state index contributed by atoms with van der Waals surface area (Å²) in [6.45, 7) is -0.619. The Bertz CT molecular complexity index is 628. The summed E-state index contributed by atoms with van der Waals surface area (Å²) < 4.78 is 19.6. The highest BCUT2D eigenvalue weighted by molar-refractivity contribution is 9.11. The molecule has 20 heavy (non-hydrogen) atoms. The lowest BCUT2D eigenvalue weighted by Crippen LogP contribution is -2.42. The number of alkyl halides is 1. The second-order valence-corrected chi connectivity index (χ2v) is 4.73. The topological polar surface area (TPSA) is 105 Å². The third kappa shape index (κ3) is 2.49. The predicted octanol–water partition coefficient (Wildman–Crippen LogP) is -0.509. The lowest BCUT2D eigenvalue weighted by molar-refractivity contribution is -0.0503. The molecule has 3 N–H and O–H groups in total. The van der Waals surface area contributed by atoms with Gasteiger partial charge in [0.25, 0.3) is 5.56 Å². The molecule has 1 saturated heterocycles. The second kappa shape index (κ2) is 6.00. The molecular weight excluding hydrogens is 339 g/mol. The fraction of sp³-hybridized carbons (Fsp3) is 0.455. The van der Waals surface area contributed by atoms with Gasteiger partial charge in [0.1, 0.15) is 12.2 Å². The molecule has 9 heteroatoms. The standard InChI is InChI=1S/C11H12BrFN2O5/c12-2-1-5-3-14-11(19)15(9(5)18)10-7(13)8(17)6(4-16)20-10/h1-3,6-8,10,16-17H,4H2,(H,14,19)/b2-1+/t6-,7+,8-,10-/m0/s1. The minimum absolute atomic E-state index is 0.110. The molecule has 4 atom stereocenters. The SMILES string of the molecule is O=c1[nH]cc(/C=C/Br)c(=O)n1[C@H]1O[C@@H](CO)[C@H](O)[C@H]1F. The molecule has 1 aliphatic heterocycles. The van der Waals surface area contributed by atoms with E-state index in [9.17, 15) is 19.1 Å². The van der Waals surface area contributed by atoms with E-state index in [0.717, 1.165) is 0 Å². The van der Waals surface area contributed by atoms with Crippen LogP contribution in [0.2, 0.25) is 0 Å². The molecule has 1 aromatic rings. The zero-order valence-corrected chi connectivity index (χ0v) is 11.7. The van der Waals surface area contributed by atoms with E-state index in [1.807, 2.05) is 0 Å². The lowest BCUT2D eigenvalue weighted by Gasteiger charge is -2.15. The molecular formula is C11H12BrFN2O5. The molecule has 7 nitrogen and oxygen atoms in total. The van der Waals surface area contributed by atoms with Gasteiger partial charge in [0.05, 0.1) is 12.2 Å². The van der Waals surface area contributed by atoms with E-state index in [1.54, 1.807) is 0 Å². The van der Waals surface area contributed by atoms with E-state index >= 15 is 0 Å². The summed E-state index contributed by atoms with van der Waals surface area (Å²) in [5.41, 5.74) is -1.51. The quantitative estimate of drug-likeness (QED) is 0.681. The predicted molar refractivity (Wildman–Crippen MR) is 71.2 cm³/mol. The Labute approximate surface area is 120 Å². The number of aliphatic hydroxyl groups is 2. The maximum absolute atomic E-state index is 14.0. The zero-order valence-electron chi connectivity index (χ0n) is 10.1. The highest BCUT2D eigenvalue weighted by Gasteiger charge is 2.46. The zero-order chi connectivity index (χ0) is 14.9. The maximum Gasteiger partial charge on any atom is 0.330 e. The van der Waals surface area contributed by atoms with Gasteiger partial charge in [-0.3, -0.25) is 4.79 Å². The molecule has 0 aliphatic carbocycles. The van der Waals surface area contributed by atoms with Gasteiger partial charge >= 0.3 is 5.69 Å². The van der Waals surface area contributed by atoms with Gasteiger partial charge in [-0.1, -0.05) is 15.9 Å². The Morgan fingerprint density at radius 3 is 2.80 bits per heavy atom. The largest absolute Gasteiger partial charge is 0.394 e.